The minimum Gasteiger partial charge on any atom is -0.434 e. The molecule has 4 heterocycles. The van der Waals surface area contributed by atoms with Crippen LogP contribution in [0.4, 0.5) is 0 Å². The molecule has 3 aliphatic heterocycles. The van der Waals surface area contributed by atoms with Gasteiger partial charge in [-0.25, -0.2) is 0 Å². The van der Waals surface area contributed by atoms with Crippen molar-refractivity contribution < 1.29 is 33.8 Å². The molecule has 3 N–H and O–H groups in total. The van der Waals surface area contributed by atoms with Crippen molar-refractivity contribution >= 4 is 40.4 Å². The van der Waals surface area contributed by atoms with Crippen molar-refractivity contribution in [2.75, 3.05) is 13.1 Å². The third kappa shape index (κ3) is 5.42. The molecule has 0 aliphatic carbocycles. The molecule has 2 aromatic rings. The zero-order valence-corrected chi connectivity index (χ0v) is 21.5. The van der Waals surface area contributed by atoms with E-state index in [-0.39, 0.29) is 31.1 Å². The molecule has 3 saturated heterocycles. The van der Waals surface area contributed by atoms with Crippen molar-refractivity contribution in [3.63, 3.8) is 0 Å². The van der Waals surface area contributed by atoms with Crippen LogP contribution in [0.25, 0.3) is 10.8 Å². The number of cyclic esters (lactones) is 1. The Hall–Kier alpha value is -4.06. The van der Waals surface area contributed by atoms with Gasteiger partial charge in [-0.1, -0.05) is 37.1 Å². The normalized spacial score (nSPS) is 27.3. The Kier molecular flexibility index (Phi) is 7.47. The molecule has 1 aromatic carbocycles. The number of esters is 1. The van der Waals surface area contributed by atoms with E-state index in [2.05, 4.69) is 15.6 Å². The number of aliphatic hydroxyl groups excluding tert-OH is 1. The van der Waals surface area contributed by atoms with Gasteiger partial charge >= 0.3 is 5.97 Å². The molecule has 12 heteroatoms. The van der Waals surface area contributed by atoms with E-state index in [1.807, 2.05) is 18.2 Å². The molecular weight excluding hydrogens is 506 g/mol. The SMILES string of the molecule is CC(=O)N1C[C@@H]2CCCC[C@H](NC(=O)c3nccc4ccccc34)C(=O)N2[C@H](C(=O)NC2CC(=O)OC2O)C1. The van der Waals surface area contributed by atoms with Crippen LogP contribution in [0, 0.1) is 0 Å². The van der Waals surface area contributed by atoms with Gasteiger partial charge in [-0.15, -0.1) is 0 Å². The van der Waals surface area contributed by atoms with Crippen LogP contribution < -0.4 is 10.6 Å². The van der Waals surface area contributed by atoms with Crippen LogP contribution in [0.5, 0.6) is 0 Å². The van der Waals surface area contributed by atoms with Crippen LogP contribution >= 0.6 is 0 Å². The topological polar surface area (TPSA) is 158 Å². The van der Waals surface area contributed by atoms with Gasteiger partial charge in [-0.2, -0.15) is 0 Å². The number of hydrogen-bond acceptors (Lipinski definition) is 8. The van der Waals surface area contributed by atoms with E-state index >= 15 is 0 Å². The van der Waals surface area contributed by atoms with Crippen molar-refractivity contribution in [2.24, 2.45) is 0 Å². The monoisotopic (exact) mass is 537 g/mol. The Bertz CT molecular complexity index is 1310. The molecule has 2 unspecified atom stereocenters. The summed E-state index contributed by atoms with van der Waals surface area (Å²) in [6, 6.07) is 5.76. The van der Waals surface area contributed by atoms with Gasteiger partial charge in [0.25, 0.3) is 5.91 Å². The fourth-order valence-corrected chi connectivity index (χ4v) is 5.64. The summed E-state index contributed by atoms with van der Waals surface area (Å²) < 4.78 is 4.72. The minimum atomic E-state index is -1.49. The second-order valence-corrected chi connectivity index (χ2v) is 10.2. The van der Waals surface area contributed by atoms with Crippen LogP contribution in [0.15, 0.2) is 36.5 Å². The first-order valence-corrected chi connectivity index (χ1v) is 13.1. The Morgan fingerprint density at radius 2 is 1.82 bits per heavy atom. The third-order valence-corrected chi connectivity index (χ3v) is 7.64. The van der Waals surface area contributed by atoms with Crippen LogP contribution in [-0.4, -0.2) is 93.0 Å². The zero-order valence-electron chi connectivity index (χ0n) is 21.5. The van der Waals surface area contributed by atoms with Gasteiger partial charge in [0.1, 0.15) is 23.8 Å². The van der Waals surface area contributed by atoms with Gasteiger partial charge in [0.05, 0.1) is 19.0 Å². The first-order valence-electron chi connectivity index (χ1n) is 13.1. The number of aromatic nitrogens is 1. The minimum absolute atomic E-state index is 0.0490. The Morgan fingerprint density at radius 3 is 2.56 bits per heavy atom. The number of hydrogen-bond donors (Lipinski definition) is 3. The summed E-state index contributed by atoms with van der Waals surface area (Å²) in [4.78, 5) is 71.9. The summed E-state index contributed by atoms with van der Waals surface area (Å²) in [5, 5.41) is 16.9. The number of aliphatic hydroxyl groups is 1. The number of nitrogens with one attached hydrogen (secondary N) is 2. The molecule has 206 valence electrons. The quantitative estimate of drug-likeness (QED) is 0.463. The predicted molar refractivity (Wildman–Crippen MR) is 137 cm³/mol. The average Bonchev–Trinajstić information content (AvgIpc) is 3.23. The lowest BCUT2D eigenvalue weighted by Crippen LogP contribution is -2.68. The Morgan fingerprint density at radius 1 is 1.05 bits per heavy atom. The van der Waals surface area contributed by atoms with E-state index in [1.54, 1.807) is 18.3 Å². The Balaban J connectivity index is 1.41. The lowest BCUT2D eigenvalue weighted by molar-refractivity contribution is -0.158. The molecule has 3 aliphatic rings. The third-order valence-electron chi connectivity index (χ3n) is 7.64. The number of piperazine rings is 1. The molecule has 0 saturated carbocycles. The number of pyridine rings is 1. The lowest BCUT2D eigenvalue weighted by atomic mass is 9.93. The first kappa shape index (κ1) is 26.5. The molecule has 0 bridgehead atoms. The summed E-state index contributed by atoms with van der Waals surface area (Å²) in [5.74, 6) is -2.39. The van der Waals surface area contributed by atoms with Gasteiger partial charge in [0.15, 0.2) is 0 Å². The summed E-state index contributed by atoms with van der Waals surface area (Å²) in [7, 11) is 0. The van der Waals surface area contributed by atoms with Crippen LogP contribution in [0.2, 0.25) is 0 Å². The van der Waals surface area contributed by atoms with E-state index in [0.29, 0.717) is 24.6 Å². The lowest BCUT2D eigenvalue weighted by Gasteiger charge is -2.48. The van der Waals surface area contributed by atoms with Gasteiger partial charge in [0, 0.05) is 25.1 Å². The largest absolute Gasteiger partial charge is 0.434 e. The number of rotatable bonds is 4. The molecule has 3 fully saturated rings. The highest BCUT2D eigenvalue weighted by Crippen LogP contribution is 2.27. The second kappa shape index (κ2) is 11.0. The summed E-state index contributed by atoms with van der Waals surface area (Å²) in [6.45, 7) is 1.62. The summed E-state index contributed by atoms with van der Waals surface area (Å²) >= 11 is 0. The zero-order chi connectivity index (χ0) is 27.7. The van der Waals surface area contributed by atoms with Crippen LogP contribution in [-0.2, 0) is 23.9 Å². The maximum absolute atomic E-state index is 14.0. The molecule has 5 rings (SSSR count). The first-order chi connectivity index (χ1) is 18.7. The number of ether oxygens (including phenoxy) is 1. The molecule has 5 atom stereocenters. The summed E-state index contributed by atoms with van der Waals surface area (Å²) in [6.07, 6.45) is 2.22. The van der Waals surface area contributed by atoms with E-state index in [4.69, 9.17) is 4.74 Å². The standard InChI is InChI=1S/C27H31N5O7/c1-15(33)31-13-17-7-3-5-9-19(29-25(36)23-18-8-4-2-6-16(18)10-11-28-23)26(37)32(17)21(14-31)24(35)30-20-12-22(34)39-27(20)38/h2,4,6,8,10-11,17,19-21,27,38H,3,5,7,9,12-14H2,1H3,(H,29,36)(H,30,35)/t17-,19-,20?,21-,27?/m0/s1. The van der Waals surface area contributed by atoms with Gasteiger partial charge in [0.2, 0.25) is 24.0 Å². The van der Waals surface area contributed by atoms with Crippen molar-refractivity contribution in [3.05, 3.63) is 42.2 Å². The molecule has 39 heavy (non-hydrogen) atoms. The highest BCUT2D eigenvalue weighted by atomic mass is 16.6. The van der Waals surface area contributed by atoms with Gasteiger partial charge in [-0.05, 0) is 24.3 Å². The number of carbonyl (C=O) groups is 5. The predicted octanol–water partition coefficient (Wildman–Crippen LogP) is 0.0852. The fourth-order valence-electron chi connectivity index (χ4n) is 5.64. The van der Waals surface area contributed by atoms with Crippen LogP contribution in [0.1, 0.15) is 49.5 Å². The Labute approximate surface area is 224 Å². The molecule has 0 radical (unpaired) electrons. The van der Waals surface area contributed by atoms with Crippen LogP contribution in [0.3, 0.4) is 0 Å². The van der Waals surface area contributed by atoms with Crippen molar-refractivity contribution in [1.29, 1.82) is 0 Å². The fraction of sp³-hybridized carbons (Fsp3) is 0.481. The maximum atomic E-state index is 14.0. The van der Waals surface area contributed by atoms with E-state index in [0.717, 1.165) is 11.8 Å². The summed E-state index contributed by atoms with van der Waals surface area (Å²) in [5.41, 5.74) is 0.204. The van der Waals surface area contributed by atoms with Crippen molar-refractivity contribution in [3.8, 4) is 0 Å². The average molecular weight is 538 g/mol. The number of benzene rings is 1. The number of nitrogens with zero attached hydrogens (tertiary/aromatic N) is 3. The molecular formula is C27H31N5O7. The van der Waals surface area contributed by atoms with Gasteiger partial charge in [-0.3, -0.25) is 29.0 Å². The molecule has 0 spiro atoms. The molecule has 12 nitrogen and oxygen atoms in total. The highest BCUT2D eigenvalue weighted by Gasteiger charge is 2.46. The molecule has 1 aromatic heterocycles. The molecule has 4 amide bonds. The smallest absolute Gasteiger partial charge is 0.310 e. The maximum Gasteiger partial charge on any atom is 0.310 e. The van der Waals surface area contributed by atoms with Gasteiger partial charge < -0.3 is 30.3 Å². The second-order valence-electron chi connectivity index (χ2n) is 10.2. The van der Waals surface area contributed by atoms with Crippen molar-refractivity contribution in [2.45, 2.75) is 69.5 Å². The highest BCUT2D eigenvalue weighted by molar-refractivity contribution is 6.06. The number of amides is 4. The van der Waals surface area contributed by atoms with E-state index < -0.39 is 54.1 Å². The van der Waals surface area contributed by atoms with Crippen molar-refractivity contribution in [1.82, 2.24) is 25.4 Å². The number of carbonyl (C=O) groups excluding carboxylic acids is 5. The van der Waals surface area contributed by atoms with E-state index in [9.17, 15) is 29.1 Å². The number of fused-ring (bicyclic) bond motifs is 2. The van der Waals surface area contributed by atoms with E-state index in [1.165, 1.54) is 16.7 Å².